The number of nitrogens with zero attached hydrogens (tertiary/aromatic N) is 1. The number of benzene rings is 1. The Balaban J connectivity index is 2.25. The van der Waals surface area contributed by atoms with E-state index in [1.807, 2.05) is 5.01 Å². The van der Waals surface area contributed by atoms with Crippen LogP contribution in [0.4, 0.5) is 18.9 Å². The number of alkyl halides is 3. The van der Waals surface area contributed by atoms with E-state index in [9.17, 15) is 13.2 Å². The molecule has 2 rings (SSSR count). The minimum Gasteiger partial charge on any atom is -0.389 e. The van der Waals surface area contributed by atoms with Gasteiger partial charge in [-0.05, 0) is 31.0 Å². The summed E-state index contributed by atoms with van der Waals surface area (Å²) in [4.78, 5) is -0.248. The second kappa shape index (κ2) is 5.97. The lowest BCUT2D eigenvalue weighted by molar-refractivity contribution is -0.137. The van der Waals surface area contributed by atoms with Crippen LogP contribution in [0.25, 0.3) is 0 Å². The monoisotopic (exact) mass is 303 g/mol. The molecule has 3 N–H and O–H groups in total. The number of nitrogens with two attached hydrogens (primary N) is 1. The van der Waals surface area contributed by atoms with Gasteiger partial charge in [-0.15, -0.1) is 0 Å². The van der Waals surface area contributed by atoms with E-state index in [2.05, 4.69) is 17.6 Å². The fourth-order valence-electron chi connectivity index (χ4n) is 2.25. The summed E-state index contributed by atoms with van der Waals surface area (Å²) < 4.78 is 39.0. The normalized spacial score (nSPS) is 16.9. The summed E-state index contributed by atoms with van der Waals surface area (Å²) >= 11 is 4.67. The van der Waals surface area contributed by atoms with Crippen molar-refractivity contribution in [2.24, 2.45) is 5.73 Å². The number of halogens is 3. The van der Waals surface area contributed by atoms with Gasteiger partial charge in [0.05, 0.1) is 5.56 Å². The number of thiocarbonyl (C=S) groups is 1. The van der Waals surface area contributed by atoms with Crippen LogP contribution in [-0.4, -0.2) is 23.1 Å². The van der Waals surface area contributed by atoms with Crippen molar-refractivity contribution in [3.05, 3.63) is 29.3 Å². The number of rotatable bonds is 3. The van der Waals surface area contributed by atoms with Crippen LogP contribution in [-0.2, 0) is 6.18 Å². The van der Waals surface area contributed by atoms with Crippen molar-refractivity contribution in [3.8, 4) is 0 Å². The first-order valence-electron chi connectivity index (χ1n) is 6.40. The zero-order chi connectivity index (χ0) is 14.8. The number of nitrogens with one attached hydrogen (secondary N) is 1. The van der Waals surface area contributed by atoms with E-state index in [-0.39, 0.29) is 10.6 Å². The van der Waals surface area contributed by atoms with Gasteiger partial charge in [0.25, 0.3) is 0 Å². The van der Waals surface area contributed by atoms with E-state index in [0.717, 1.165) is 38.4 Å². The number of hydrogen-bond donors (Lipinski definition) is 2. The van der Waals surface area contributed by atoms with Crippen molar-refractivity contribution in [1.82, 2.24) is 5.01 Å². The minimum absolute atomic E-state index is 0.142. The Kier molecular flexibility index (Phi) is 4.49. The summed E-state index contributed by atoms with van der Waals surface area (Å²) in [6.07, 6.45) is -1.22. The van der Waals surface area contributed by atoms with Gasteiger partial charge < -0.3 is 11.2 Å². The molecule has 0 aromatic heterocycles. The van der Waals surface area contributed by atoms with Crippen LogP contribution in [0.5, 0.6) is 0 Å². The quantitative estimate of drug-likeness (QED) is 0.842. The van der Waals surface area contributed by atoms with Crippen molar-refractivity contribution in [2.45, 2.75) is 25.4 Å². The fraction of sp³-hybridized carbons (Fsp3) is 0.462. The van der Waals surface area contributed by atoms with Crippen LogP contribution < -0.4 is 11.2 Å². The third-order valence-corrected chi connectivity index (χ3v) is 3.45. The molecule has 20 heavy (non-hydrogen) atoms. The maximum absolute atomic E-state index is 13.0. The Morgan fingerprint density at radius 1 is 1.20 bits per heavy atom. The van der Waals surface area contributed by atoms with Crippen LogP contribution in [0.3, 0.4) is 0 Å². The molecule has 1 aromatic carbocycles. The van der Waals surface area contributed by atoms with Gasteiger partial charge in [-0.25, -0.2) is 5.01 Å². The maximum atomic E-state index is 13.0. The summed E-state index contributed by atoms with van der Waals surface area (Å²) in [5, 5.41) is 1.93. The zero-order valence-corrected chi connectivity index (χ0v) is 11.7. The summed E-state index contributed by atoms with van der Waals surface area (Å²) in [5.41, 5.74) is 7.82. The maximum Gasteiger partial charge on any atom is 0.417 e. The molecule has 0 radical (unpaired) electrons. The lowest BCUT2D eigenvalue weighted by atomic mass is 10.1. The molecule has 0 unspecified atom stereocenters. The third kappa shape index (κ3) is 3.61. The Hall–Kier alpha value is -1.34. The zero-order valence-electron chi connectivity index (χ0n) is 10.8. The molecular weight excluding hydrogens is 287 g/mol. The van der Waals surface area contributed by atoms with Crippen molar-refractivity contribution >= 4 is 22.9 Å². The molecule has 0 amide bonds. The standard InChI is InChI=1S/C13H16F3N3S/c14-13(15,16)11-8-9(4-5-10(11)12(17)20)18-19-6-2-1-3-7-19/h4-5,8,18H,1-3,6-7H2,(H2,17,20). The largest absolute Gasteiger partial charge is 0.417 e. The average Bonchev–Trinajstić information content (AvgIpc) is 2.38. The minimum atomic E-state index is -4.47. The van der Waals surface area contributed by atoms with E-state index in [1.165, 1.54) is 6.07 Å². The fourth-order valence-corrected chi connectivity index (χ4v) is 2.43. The highest BCUT2D eigenvalue weighted by Crippen LogP contribution is 2.34. The summed E-state index contributed by atoms with van der Waals surface area (Å²) in [5.74, 6) is 0. The van der Waals surface area contributed by atoms with Crippen LogP contribution in [0, 0.1) is 0 Å². The second-order valence-electron chi connectivity index (χ2n) is 4.78. The third-order valence-electron chi connectivity index (χ3n) is 3.23. The van der Waals surface area contributed by atoms with Gasteiger partial charge >= 0.3 is 6.18 Å². The molecule has 1 aromatic rings. The van der Waals surface area contributed by atoms with Gasteiger partial charge in [-0.3, -0.25) is 0 Å². The highest BCUT2D eigenvalue weighted by molar-refractivity contribution is 7.80. The second-order valence-corrected chi connectivity index (χ2v) is 5.22. The molecule has 0 bridgehead atoms. The van der Waals surface area contributed by atoms with Gasteiger partial charge in [0.15, 0.2) is 0 Å². The van der Waals surface area contributed by atoms with Gasteiger partial charge in [0, 0.05) is 24.3 Å². The summed E-state index contributed by atoms with van der Waals surface area (Å²) in [7, 11) is 0. The van der Waals surface area contributed by atoms with Crippen LogP contribution in [0.15, 0.2) is 18.2 Å². The first-order valence-corrected chi connectivity index (χ1v) is 6.81. The molecule has 1 aliphatic rings. The number of piperidine rings is 1. The predicted octanol–water partition coefficient (Wildman–Crippen LogP) is 3.15. The van der Waals surface area contributed by atoms with Crippen LogP contribution >= 0.6 is 12.2 Å². The lowest BCUT2D eigenvalue weighted by Gasteiger charge is -2.28. The number of hydrogen-bond acceptors (Lipinski definition) is 3. The van der Waals surface area contributed by atoms with Crippen LogP contribution in [0.1, 0.15) is 30.4 Å². The Morgan fingerprint density at radius 3 is 2.40 bits per heavy atom. The number of anilines is 1. The first kappa shape index (κ1) is 15.1. The molecule has 1 fully saturated rings. The molecule has 0 aliphatic carbocycles. The topological polar surface area (TPSA) is 41.3 Å². The highest BCUT2D eigenvalue weighted by Gasteiger charge is 2.34. The van der Waals surface area contributed by atoms with Crippen molar-refractivity contribution in [3.63, 3.8) is 0 Å². The van der Waals surface area contributed by atoms with E-state index in [4.69, 9.17) is 5.73 Å². The molecule has 0 saturated carbocycles. The van der Waals surface area contributed by atoms with Gasteiger partial charge in [0.1, 0.15) is 4.99 Å². The molecule has 0 atom stereocenters. The average molecular weight is 303 g/mol. The van der Waals surface area contributed by atoms with Gasteiger partial charge in [-0.2, -0.15) is 13.2 Å². The molecule has 1 heterocycles. The Labute approximate surface area is 120 Å². The number of hydrazine groups is 1. The summed E-state index contributed by atoms with van der Waals surface area (Å²) in [6.45, 7) is 1.66. The van der Waals surface area contributed by atoms with E-state index in [1.54, 1.807) is 6.07 Å². The SMILES string of the molecule is NC(=S)c1ccc(NN2CCCCC2)cc1C(F)(F)F. The van der Waals surface area contributed by atoms with Crippen molar-refractivity contribution < 1.29 is 13.2 Å². The van der Waals surface area contributed by atoms with Gasteiger partial charge in [0.2, 0.25) is 0 Å². The van der Waals surface area contributed by atoms with Crippen molar-refractivity contribution in [1.29, 1.82) is 0 Å². The summed E-state index contributed by atoms with van der Waals surface area (Å²) in [6, 6.07) is 3.94. The highest BCUT2D eigenvalue weighted by atomic mass is 32.1. The van der Waals surface area contributed by atoms with E-state index < -0.39 is 11.7 Å². The van der Waals surface area contributed by atoms with E-state index in [0.29, 0.717) is 5.69 Å². The molecule has 3 nitrogen and oxygen atoms in total. The lowest BCUT2D eigenvalue weighted by Crippen LogP contribution is -2.35. The van der Waals surface area contributed by atoms with E-state index >= 15 is 0 Å². The van der Waals surface area contributed by atoms with Gasteiger partial charge in [-0.1, -0.05) is 18.6 Å². The molecule has 1 aliphatic heterocycles. The predicted molar refractivity (Wildman–Crippen MR) is 76.4 cm³/mol. The first-order chi connectivity index (χ1) is 9.38. The molecular formula is C13H16F3N3S. The molecule has 0 spiro atoms. The Morgan fingerprint density at radius 2 is 1.85 bits per heavy atom. The molecule has 7 heteroatoms. The molecule has 110 valence electrons. The molecule has 1 saturated heterocycles. The smallest absolute Gasteiger partial charge is 0.389 e. The van der Waals surface area contributed by atoms with Crippen LogP contribution in [0.2, 0.25) is 0 Å². The van der Waals surface area contributed by atoms with Crippen molar-refractivity contribution in [2.75, 3.05) is 18.5 Å². The Bertz CT molecular complexity index is 496.